The molecule has 2 fully saturated rings. The Kier molecular flexibility index (Phi) is 4.57. The molecule has 7 heteroatoms. The zero-order valence-corrected chi connectivity index (χ0v) is 14.2. The number of hydrogen-bond donors (Lipinski definition) is 1. The van der Waals surface area contributed by atoms with E-state index in [2.05, 4.69) is 17.2 Å². The fraction of sp³-hybridized carbons (Fsp3) is 0.625. The van der Waals surface area contributed by atoms with Crippen molar-refractivity contribution in [2.24, 2.45) is 5.92 Å². The van der Waals surface area contributed by atoms with Crippen molar-refractivity contribution in [3.63, 3.8) is 0 Å². The molecule has 3 heterocycles. The standard InChI is InChI=1S/C16H23N3O3S/c1-12-3-2-7-19(10-12)16(20)15-5-4-13(9-17-15)18-14-6-8-23(21,22)11-14/h4-5,9,12,14,18H,2-3,6-8,10-11H2,1H3. The minimum absolute atomic E-state index is 0.0217. The van der Waals surface area contributed by atoms with Gasteiger partial charge in [0.15, 0.2) is 9.84 Å². The molecule has 23 heavy (non-hydrogen) atoms. The largest absolute Gasteiger partial charge is 0.380 e. The van der Waals surface area contributed by atoms with Gasteiger partial charge in [-0.1, -0.05) is 6.92 Å². The maximum Gasteiger partial charge on any atom is 0.272 e. The van der Waals surface area contributed by atoms with Gasteiger partial charge in [-0.05, 0) is 37.3 Å². The molecule has 1 N–H and O–H groups in total. The highest BCUT2D eigenvalue weighted by molar-refractivity contribution is 7.91. The fourth-order valence-corrected chi connectivity index (χ4v) is 4.96. The summed E-state index contributed by atoms with van der Waals surface area (Å²) in [6.07, 6.45) is 4.45. The van der Waals surface area contributed by atoms with Crippen molar-refractivity contribution in [2.75, 3.05) is 29.9 Å². The van der Waals surface area contributed by atoms with Crippen molar-refractivity contribution in [1.82, 2.24) is 9.88 Å². The highest BCUT2D eigenvalue weighted by atomic mass is 32.2. The van der Waals surface area contributed by atoms with Gasteiger partial charge in [-0.15, -0.1) is 0 Å². The molecule has 3 rings (SSSR count). The molecule has 1 aromatic rings. The first-order chi connectivity index (χ1) is 10.9. The normalized spacial score (nSPS) is 26.9. The molecule has 126 valence electrons. The summed E-state index contributed by atoms with van der Waals surface area (Å²) >= 11 is 0. The Bertz CT molecular complexity index is 672. The molecule has 0 aromatic carbocycles. The maximum absolute atomic E-state index is 12.4. The highest BCUT2D eigenvalue weighted by Gasteiger charge is 2.28. The van der Waals surface area contributed by atoms with Crippen molar-refractivity contribution in [3.8, 4) is 0 Å². The first-order valence-corrected chi connectivity index (χ1v) is 9.97. The predicted octanol–water partition coefficient (Wildman–Crippen LogP) is 1.55. The van der Waals surface area contributed by atoms with Crippen molar-refractivity contribution in [2.45, 2.75) is 32.2 Å². The van der Waals surface area contributed by atoms with Crippen LogP contribution in [0.15, 0.2) is 18.3 Å². The average molecular weight is 337 g/mol. The summed E-state index contributed by atoms with van der Waals surface area (Å²) in [6, 6.07) is 3.46. The number of amides is 1. The van der Waals surface area contributed by atoms with Crippen LogP contribution in [0.5, 0.6) is 0 Å². The topological polar surface area (TPSA) is 79.4 Å². The molecule has 0 radical (unpaired) electrons. The number of hydrogen-bond acceptors (Lipinski definition) is 5. The number of piperidine rings is 1. The summed E-state index contributed by atoms with van der Waals surface area (Å²) in [6.45, 7) is 3.75. The minimum Gasteiger partial charge on any atom is -0.380 e. The molecule has 0 bridgehead atoms. The van der Waals surface area contributed by atoms with Crippen molar-refractivity contribution >= 4 is 21.4 Å². The Hall–Kier alpha value is -1.63. The minimum atomic E-state index is -2.90. The molecule has 1 amide bonds. The zero-order chi connectivity index (χ0) is 16.4. The monoisotopic (exact) mass is 337 g/mol. The molecule has 0 spiro atoms. The number of nitrogens with zero attached hydrogens (tertiary/aromatic N) is 2. The number of aromatic nitrogens is 1. The van der Waals surface area contributed by atoms with Crippen LogP contribution in [-0.2, 0) is 9.84 Å². The molecule has 1 aromatic heterocycles. The lowest BCUT2D eigenvalue weighted by Gasteiger charge is -2.30. The van der Waals surface area contributed by atoms with Gasteiger partial charge in [0.1, 0.15) is 5.69 Å². The molecule has 2 atom stereocenters. The van der Waals surface area contributed by atoms with Crippen LogP contribution in [0, 0.1) is 5.92 Å². The Morgan fingerprint density at radius 2 is 2.17 bits per heavy atom. The van der Waals surface area contributed by atoms with Crippen molar-refractivity contribution in [1.29, 1.82) is 0 Å². The number of rotatable bonds is 3. The van der Waals surface area contributed by atoms with E-state index < -0.39 is 9.84 Å². The molecular formula is C16H23N3O3S. The van der Waals surface area contributed by atoms with Crippen LogP contribution in [0.2, 0.25) is 0 Å². The van der Waals surface area contributed by atoms with Crippen LogP contribution in [0.4, 0.5) is 5.69 Å². The van der Waals surface area contributed by atoms with E-state index in [9.17, 15) is 13.2 Å². The highest BCUT2D eigenvalue weighted by Crippen LogP contribution is 2.19. The number of likely N-dealkylation sites (tertiary alicyclic amines) is 1. The Morgan fingerprint density at radius 3 is 2.78 bits per heavy atom. The van der Waals surface area contributed by atoms with Crippen LogP contribution < -0.4 is 5.32 Å². The number of carbonyl (C=O) groups is 1. The van der Waals surface area contributed by atoms with Crippen LogP contribution in [-0.4, -0.2) is 54.8 Å². The number of anilines is 1. The van der Waals surface area contributed by atoms with Crippen LogP contribution in [0.1, 0.15) is 36.7 Å². The van der Waals surface area contributed by atoms with E-state index in [1.54, 1.807) is 18.3 Å². The maximum atomic E-state index is 12.4. The summed E-state index contributed by atoms with van der Waals surface area (Å²) in [7, 11) is -2.90. The van der Waals surface area contributed by atoms with E-state index in [0.717, 1.165) is 25.2 Å². The van der Waals surface area contributed by atoms with Crippen molar-refractivity contribution < 1.29 is 13.2 Å². The van der Waals surface area contributed by atoms with Gasteiger partial charge in [-0.3, -0.25) is 4.79 Å². The van der Waals surface area contributed by atoms with E-state index in [4.69, 9.17) is 0 Å². The Balaban J connectivity index is 1.61. The summed E-state index contributed by atoms with van der Waals surface area (Å²) in [5, 5.41) is 3.18. The number of carbonyl (C=O) groups excluding carboxylic acids is 1. The van der Waals surface area contributed by atoms with E-state index in [0.29, 0.717) is 18.0 Å². The van der Waals surface area contributed by atoms with E-state index in [1.165, 1.54) is 6.42 Å². The van der Waals surface area contributed by atoms with Gasteiger partial charge >= 0.3 is 0 Å². The van der Waals surface area contributed by atoms with Gasteiger partial charge in [-0.2, -0.15) is 0 Å². The second-order valence-electron chi connectivity index (χ2n) is 6.67. The number of nitrogens with one attached hydrogen (secondary N) is 1. The summed E-state index contributed by atoms with van der Waals surface area (Å²) in [4.78, 5) is 18.6. The molecule has 2 aliphatic heterocycles. The molecule has 2 saturated heterocycles. The van der Waals surface area contributed by atoms with Gasteiger partial charge in [-0.25, -0.2) is 13.4 Å². The SMILES string of the molecule is CC1CCCN(C(=O)c2ccc(NC3CCS(=O)(=O)C3)cn2)C1. The Morgan fingerprint density at radius 1 is 1.35 bits per heavy atom. The third-order valence-corrected chi connectivity index (χ3v) is 6.30. The third kappa shape index (κ3) is 4.02. The fourth-order valence-electron chi connectivity index (χ4n) is 3.29. The lowest BCUT2D eigenvalue weighted by Crippen LogP contribution is -2.39. The van der Waals surface area contributed by atoms with Gasteiger partial charge in [0.2, 0.25) is 0 Å². The lowest BCUT2D eigenvalue weighted by atomic mass is 10.00. The van der Waals surface area contributed by atoms with E-state index in [-0.39, 0.29) is 23.5 Å². The molecule has 2 aliphatic rings. The molecule has 2 unspecified atom stereocenters. The van der Waals surface area contributed by atoms with Gasteiger partial charge in [0, 0.05) is 19.1 Å². The summed E-state index contributed by atoms with van der Waals surface area (Å²) < 4.78 is 22.9. The van der Waals surface area contributed by atoms with E-state index >= 15 is 0 Å². The average Bonchev–Trinajstić information content (AvgIpc) is 2.86. The summed E-state index contributed by atoms with van der Waals surface area (Å²) in [5.74, 6) is 0.922. The van der Waals surface area contributed by atoms with Crippen molar-refractivity contribution in [3.05, 3.63) is 24.0 Å². The predicted molar refractivity (Wildman–Crippen MR) is 89.2 cm³/mol. The molecule has 0 saturated carbocycles. The Labute approximate surface area is 137 Å². The number of pyridine rings is 1. The van der Waals surface area contributed by atoms with Crippen LogP contribution >= 0.6 is 0 Å². The van der Waals surface area contributed by atoms with Crippen LogP contribution in [0.25, 0.3) is 0 Å². The smallest absolute Gasteiger partial charge is 0.272 e. The quantitative estimate of drug-likeness (QED) is 0.905. The zero-order valence-electron chi connectivity index (χ0n) is 13.4. The second kappa shape index (κ2) is 6.47. The van der Waals surface area contributed by atoms with Gasteiger partial charge in [0.25, 0.3) is 5.91 Å². The summed E-state index contributed by atoms with van der Waals surface area (Å²) in [5.41, 5.74) is 1.21. The van der Waals surface area contributed by atoms with Gasteiger partial charge in [0.05, 0.1) is 23.4 Å². The molecular weight excluding hydrogens is 314 g/mol. The molecule has 6 nitrogen and oxygen atoms in total. The van der Waals surface area contributed by atoms with E-state index in [1.807, 2.05) is 4.90 Å². The van der Waals surface area contributed by atoms with Gasteiger partial charge < -0.3 is 10.2 Å². The third-order valence-electron chi connectivity index (χ3n) is 4.53. The second-order valence-corrected chi connectivity index (χ2v) is 8.90. The first-order valence-electron chi connectivity index (χ1n) is 8.15. The van der Waals surface area contributed by atoms with Crippen LogP contribution in [0.3, 0.4) is 0 Å². The molecule has 0 aliphatic carbocycles. The lowest BCUT2D eigenvalue weighted by molar-refractivity contribution is 0.0677. The first kappa shape index (κ1) is 16.2. The number of sulfone groups is 1.